The molecule has 2 rings (SSSR count). The summed E-state index contributed by atoms with van der Waals surface area (Å²) in [5.74, 6) is -0.655. The fraction of sp³-hybridized carbons (Fsp3) is 0.200. The summed E-state index contributed by atoms with van der Waals surface area (Å²) in [7, 11) is -3.21. The Kier molecular flexibility index (Phi) is 3.27. The van der Waals surface area contributed by atoms with Gasteiger partial charge in [-0.2, -0.15) is 0 Å². The van der Waals surface area contributed by atoms with E-state index in [4.69, 9.17) is 17.3 Å². The molecule has 0 saturated heterocycles. The molecule has 8 heteroatoms. The van der Waals surface area contributed by atoms with Gasteiger partial charge in [0.05, 0.1) is 29.2 Å². The third-order valence-electron chi connectivity index (χ3n) is 2.35. The summed E-state index contributed by atoms with van der Waals surface area (Å²) < 4.78 is 22.4. The Morgan fingerprint density at radius 2 is 2.28 bits per heavy atom. The molecule has 0 aromatic carbocycles. The van der Waals surface area contributed by atoms with Crippen LogP contribution in [0.3, 0.4) is 0 Å². The minimum absolute atomic E-state index is 0.0199. The number of halogens is 1. The number of pyridine rings is 1. The van der Waals surface area contributed by atoms with Crippen LogP contribution in [0.4, 0.5) is 5.69 Å². The zero-order valence-electron chi connectivity index (χ0n) is 9.13. The monoisotopic (exact) mass is 287 g/mol. The van der Waals surface area contributed by atoms with E-state index in [-0.39, 0.29) is 16.5 Å². The molecule has 96 valence electrons. The highest BCUT2D eigenvalue weighted by Gasteiger charge is 2.24. The molecule has 0 bridgehead atoms. The largest absolute Gasteiger partial charge is 0.397 e. The van der Waals surface area contributed by atoms with Gasteiger partial charge in [-0.1, -0.05) is 11.6 Å². The van der Waals surface area contributed by atoms with Crippen LogP contribution in [-0.2, 0) is 9.84 Å². The molecule has 1 unspecified atom stereocenters. The van der Waals surface area contributed by atoms with E-state index < -0.39 is 21.8 Å². The van der Waals surface area contributed by atoms with Crippen LogP contribution in [0.2, 0.25) is 5.15 Å². The first kappa shape index (κ1) is 12.8. The van der Waals surface area contributed by atoms with Crippen LogP contribution in [0.25, 0.3) is 0 Å². The highest BCUT2D eigenvalue weighted by Crippen LogP contribution is 2.16. The van der Waals surface area contributed by atoms with E-state index in [1.54, 1.807) is 0 Å². The van der Waals surface area contributed by atoms with Crippen LogP contribution in [-0.4, -0.2) is 31.1 Å². The van der Waals surface area contributed by atoms with E-state index in [2.05, 4.69) is 10.3 Å². The van der Waals surface area contributed by atoms with Gasteiger partial charge in [0.2, 0.25) is 0 Å². The lowest BCUT2D eigenvalue weighted by atomic mass is 10.2. The number of rotatable bonds is 2. The number of amides is 1. The second-order valence-electron chi connectivity index (χ2n) is 3.85. The third-order valence-corrected chi connectivity index (χ3v) is 4.05. The molecule has 0 spiro atoms. The number of hydrogen-bond acceptors (Lipinski definition) is 5. The van der Waals surface area contributed by atoms with Crippen LogP contribution in [0.15, 0.2) is 23.7 Å². The van der Waals surface area contributed by atoms with Gasteiger partial charge in [0.15, 0.2) is 9.84 Å². The van der Waals surface area contributed by atoms with Gasteiger partial charge in [0.1, 0.15) is 5.15 Å². The summed E-state index contributed by atoms with van der Waals surface area (Å²) >= 11 is 5.77. The number of carbonyl (C=O) groups is 1. The van der Waals surface area contributed by atoms with Crippen molar-refractivity contribution in [1.29, 1.82) is 0 Å². The second-order valence-corrected chi connectivity index (χ2v) is 6.13. The molecule has 0 fully saturated rings. The average molecular weight is 288 g/mol. The summed E-state index contributed by atoms with van der Waals surface area (Å²) in [5.41, 5.74) is 5.93. The minimum atomic E-state index is -3.21. The topological polar surface area (TPSA) is 102 Å². The van der Waals surface area contributed by atoms with Crippen molar-refractivity contribution in [2.45, 2.75) is 6.04 Å². The number of nitrogens with zero attached hydrogens (tertiary/aromatic N) is 1. The quantitative estimate of drug-likeness (QED) is 0.765. The predicted molar refractivity (Wildman–Crippen MR) is 67.8 cm³/mol. The minimum Gasteiger partial charge on any atom is -0.397 e. The van der Waals surface area contributed by atoms with Crippen molar-refractivity contribution in [3.05, 3.63) is 34.5 Å². The van der Waals surface area contributed by atoms with E-state index in [1.807, 2.05) is 0 Å². The lowest BCUT2D eigenvalue weighted by Crippen LogP contribution is -2.35. The molecule has 6 nitrogen and oxygen atoms in total. The van der Waals surface area contributed by atoms with Crippen molar-refractivity contribution in [2.75, 3.05) is 11.5 Å². The van der Waals surface area contributed by atoms with E-state index in [9.17, 15) is 13.2 Å². The highest BCUT2D eigenvalue weighted by atomic mass is 35.5. The molecule has 1 aliphatic rings. The Hall–Kier alpha value is -1.60. The summed E-state index contributed by atoms with van der Waals surface area (Å²) in [6.07, 6.45) is 2.75. The van der Waals surface area contributed by atoms with Crippen LogP contribution in [0, 0.1) is 0 Å². The molecule has 1 aliphatic heterocycles. The van der Waals surface area contributed by atoms with Crippen molar-refractivity contribution in [2.24, 2.45) is 0 Å². The van der Waals surface area contributed by atoms with Crippen LogP contribution < -0.4 is 11.1 Å². The zero-order chi connectivity index (χ0) is 13.3. The number of hydrogen-bond donors (Lipinski definition) is 2. The number of sulfone groups is 1. The van der Waals surface area contributed by atoms with E-state index in [0.717, 1.165) is 5.41 Å². The maximum absolute atomic E-state index is 11.9. The summed E-state index contributed by atoms with van der Waals surface area (Å²) in [6.45, 7) is 0. The Morgan fingerprint density at radius 3 is 2.89 bits per heavy atom. The van der Waals surface area contributed by atoms with Crippen molar-refractivity contribution >= 4 is 33.0 Å². The lowest BCUT2D eigenvalue weighted by molar-refractivity contribution is 0.0947. The van der Waals surface area contributed by atoms with Gasteiger partial charge >= 0.3 is 0 Å². The molecule has 1 aromatic heterocycles. The smallest absolute Gasteiger partial charge is 0.254 e. The van der Waals surface area contributed by atoms with E-state index >= 15 is 0 Å². The molecule has 2 heterocycles. The van der Waals surface area contributed by atoms with Gasteiger partial charge in [-0.25, -0.2) is 13.4 Å². The van der Waals surface area contributed by atoms with Crippen molar-refractivity contribution in [1.82, 2.24) is 10.3 Å². The molecule has 1 aromatic rings. The summed E-state index contributed by atoms with van der Waals surface area (Å²) in [5, 5.41) is 3.63. The first-order valence-corrected chi connectivity index (χ1v) is 7.09. The van der Waals surface area contributed by atoms with E-state index in [1.165, 1.54) is 18.3 Å². The van der Waals surface area contributed by atoms with Gasteiger partial charge in [-0.05, 0) is 12.1 Å². The highest BCUT2D eigenvalue weighted by molar-refractivity contribution is 7.94. The lowest BCUT2D eigenvalue weighted by Gasteiger charge is -2.10. The molecule has 3 N–H and O–H groups in total. The average Bonchev–Trinajstić information content (AvgIpc) is 2.61. The normalized spacial score (nSPS) is 20.8. The number of nitrogen functional groups attached to an aromatic ring is 1. The Morgan fingerprint density at radius 1 is 1.56 bits per heavy atom. The molecule has 0 radical (unpaired) electrons. The Bertz CT molecular complexity index is 627. The number of carbonyl (C=O) groups excluding carboxylic acids is 1. The maximum Gasteiger partial charge on any atom is 0.254 e. The molecular weight excluding hydrogens is 278 g/mol. The maximum atomic E-state index is 11.9. The fourth-order valence-electron chi connectivity index (χ4n) is 1.54. The van der Waals surface area contributed by atoms with Crippen molar-refractivity contribution in [3.63, 3.8) is 0 Å². The Labute approximate surface area is 109 Å². The SMILES string of the molecule is Nc1cnc(Cl)c(C(=O)NC2C=CS(=O)(=O)C2)c1. The van der Waals surface area contributed by atoms with Gasteiger partial charge in [0.25, 0.3) is 5.91 Å². The first-order valence-electron chi connectivity index (χ1n) is 5.00. The van der Waals surface area contributed by atoms with Crippen molar-refractivity contribution in [3.8, 4) is 0 Å². The van der Waals surface area contributed by atoms with E-state index in [0.29, 0.717) is 5.69 Å². The van der Waals surface area contributed by atoms with Gasteiger partial charge in [-0.15, -0.1) is 0 Å². The number of nitrogens with one attached hydrogen (secondary N) is 1. The van der Waals surface area contributed by atoms with Crippen molar-refractivity contribution < 1.29 is 13.2 Å². The number of anilines is 1. The number of aromatic nitrogens is 1. The van der Waals surface area contributed by atoms with Crippen LogP contribution in [0.1, 0.15) is 10.4 Å². The predicted octanol–water partition coefficient (Wildman–Crippen LogP) is 0.358. The molecular formula is C10H10ClN3O3S. The van der Waals surface area contributed by atoms with Crippen LogP contribution >= 0.6 is 11.6 Å². The first-order chi connectivity index (χ1) is 8.37. The third kappa shape index (κ3) is 2.80. The van der Waals surface area contributed by atoms with Gasteiger partial charge in [0, 0.05) is 5.41 Å². The zero-order valence-corrected chi connectivity index (χ0v) is 10.7. The molecule has 18 heavy (non-hydrogen) atoms. The summed E-state index contributed by atoms with van der Waals surface area (Å²) in [4.78, 5) is 15.6. The van der Waals surface area contributed by atoms with Crippen LogP contribution in [0.5, 0.6) is 0 Å². The van der Waals surface area contributed by atoms with Gasteiger partial charge < -0.3 is 11.1 Å². The fourth-order valence-corrected chi connectivity index (χ4v) is 2.96. The molecule has 0 aliphatic carbocycles. The molecule has 1 amide bonds. The molecule has 0 saturated carbocycles. The Balaban J connectivity index is 2.14. The van der Waals surface area contributed by atoms with Gasteiger partial charge in [-0.3, -0.25) is 4.79 Å². The molecule has 1 atom stereocenters. The standard InChI is InChI=1S/C10H10ClN3O3S/c11-9-8(3-6(12)4-13-9)10(15)14-7-1-2-18(16,17)5-7/h1-4,7H,5,12H2,(H,14,15). The summed E-state index contributed by atoms with van der Waals surface area (Å²) in [6, 6.07) is 0.831. The number of nitrogens with two attached hydrogens (primary N) is 1. The second kappa shape index (κ2) is 4.58.